The zero-order valence-electron chi connectivity index (χ0n) is 19.3. The smallest absolute Gasteiger partial charge is 0.274 e. The van der Waals surface area contributed by atoms with Gasteiger partial charge in [-0.05, 0) is 55.4 Å². The minimum absolute atomic E-state index is 0.0644. The van der Waals surface area contributed by atoms with Crippen molar-refractivity contribution in [3.05, 3.63) is 78.4 Å². The van der Waals surface area contributed by atoms with E-state index in [1.807, 2.05) is 23.5 Å². The first-order valence-corrected chi connectivity index (χ1v) is 12.7. The highest BCUT2D eigenvalue weighted by Crippen LogP contribution is 2.56. The van der Waals surface area contributed by atoms with E-state index in [2.05, 4.69) is 63.4 Å². The monoisotopic (exact) mass is 442 g/mol. The maximum atomic E-state index is 13.6. The van der Waals surface area contributed by atoms with Gasteiger partial charge in [0.25, 0.3) is 5.91 Å². The van der Waals surface area contributed by atoms with E-state index in [0.29, 0.717) is 11.6 Å². The van der Waals surface area contributed by atoms with Crippen molar-refractivity contribution in [1.29, 1.82) is 0 Å². The molecule has 5 nitrogen and oxygen atoms in total. The maximum absolute atomic E-state index is 13.6. The molecule has 33 heavy (non-hydrogen) atoms. The Bertz CT molecular complexity index is 1060. The summed E-state index contributed by atoms with van der Waals surface area (Å²) >= 11 is 0. The van der Waals surface area contributed by atoms with Crippen molar-refractivity contribution in [3.63, 3.8) is 0 Å². The Kier molecular flexibility index (Phi) is 5.45. The molecule has 6 rings (SSSR count). The summed E-state index contributed by atoms with van der Waals surface area (Å²) in [6.45, 7) is 2.38. The lowest BCUT2D eigenvalue weighted by Crippen LogP contribution is -2.54. The van der Waals surface area contributed by atoms with Gasteiger partial charge in [0.05, 0.1) is 11.9 Å². The number of benzene rings is 1. The molecule has 1 amide bonds. The van der Waals surface area contributed by atoms with E-state index in [1.54, 1.807) is 0 Å². The van der Waals surface area contributed by atoms with Gasteiger partial charge >= 0.3 is 0 Å². The number of imidazole rings is 1. The summed E-state index contributed by atoms with van der Waals surface area (Å²) in [5.74, 6) is 2.39. The molecule has 2 saturated carbocycles. The number of amides is 1. The minimum atomic E-state index is -0.0764. The molecular formula is C28H34N4O. The second-order valence-electron chi connectivity index (χ2n) is 10.5. The zero-order chi connectivity index (χ0) is 22.3. The number of rotatable bonds is 5. The SMILES string of the molecule is O=C(c1cn(C2([C@@H]3CC4CCC3C4)C=CC=CC2)cn1)N1CCNC[C@H]1Cc1ccccc1. The molecule has 3 unspecified atom stereocenters. The molecule has 172 valence electrons. The van der Waals surface area contributed by atoms with Crippen LogP contribution in [0, 0.1) is 17.8 Å². The van der Waals surface area contributed by atoms with Gasteiger partial charge in [-0.1, -0.05) is 61.1 Å². The van der Waals surface area contributed by atoms with Crippen LogP contribution < -0.4 is 5.32 Å². The molecule has 3 aliphatic carbocycles. The van der Waals surface area contributed by atoms with Crippen molar-refractivity contribution in [1.82, 2.24) is 19.8 Å². The lowest BCUT2D eigenvalue weighted by Gasteiger charge is -2.42. The summed E-state index contributed by atoms with van der Waals surface area (Å²) in [4.78, 5) is 20.4. The number of nitrogens with zero attached hydrogens (tertiary/aromatic N) is 3. The number of piperazine rings is 1. The van der Waals surface area contributed by atoms with Crippen LogP contribution in [0.4, 0.5) is 0 Å². The fourth-order valence-electron chi connectivity index (χ4n) is 7.05. The summed E-state index contributed by atoms with van der Waals surface area (Å²) in [7, 11) is 0. The van der Waals surface area contributed by atoms with Gasteiger partial charge in [0.2, 0.25) is 0 Å². The average molecular weight is 443 g/mol. The highest BCUT2D eigenvalue weighted by molar-refractivity contribution is 5.92. The van der Waals surface area contributed by atoms with Crippen LogP contribution in [0.25, 0.3) is 0 Å². The van der Waals surface area contributed by atoms with E-state index in [4.69, 9.17) is 0 Å². The van der Waals surface area contributed by atoms with Crippen LogP contribution in [0.2, 0.25) is 0 Å². The first-order valence-electron chi connectivity index (χ1n) is 12.7. The van der Waals surface area contributed by atoms with Crippen molar-refractivity contribution in [2.45, 2.75) is 50.1 Å². The average Bonchev–Trinajstić information content (AvgIpc) is 3.63. The third-order valence-electron chi connectivity index (χ3n) is 8.66. The van der Waals surface area contributed by atoms with Crippen LogP contribution in [0.1, 0.15) is 48.2 Å². The first kappa shape index (κ1) is 20.9. The molecule has 0 spiro atoms. The van der Waals surface area contributed by atoms with Gasteiger partial charge in [-0.25, -0.2) is 4.98 Å². The molecule has 5 atom stereocenters. The quantitative estimate of drug-likeness (QED) is 0.756. The van der Waals surface area contributed by atoms with E-state index < -0.39 is 0 Å². The third-order valence-corrected chi connectivity index (χ3v) is 8.66. The Hall–Kier alpha value is -2.66. The van der Waals surface area contributed by atoms with Gasteiger partial charge in [-0.3, -0.25) is 4.79 Å². The Morgan fingerprint density at radius 2 is 2.06 bits per heavy atom. The summed E-state index contributed by atoms with van der Waals surface area (Å²) in [6, 6.07) is 10.6. The van der Waals surface area contributed by atoms with E-state index in [0.717, 1.165) is 44.3 Å². The molecule has 1 aromatic carbocycles. The molecule has 2 heterocycles. The van der Waals surface area contributed by atoms with Gasteiger partial charge in [-0.2, -0.15) is 0 Å². The lowest BCUT2D eigenvalue weighted by molar-refractivity contribution is 0.0630. The number of allylic oxidation sites excluding steroid dienone is 4. The largest absolute Gasteiger partial charge is 0.331 e. The summed E-state index contributed by atoms with van der Waals surface area (Å²) in [6.07, 6.45) is 20.3. The number of carbonyl (C=O) groups excluding carboxylic acids is 1. The lowest BCUT2D eigenvalue weighted by atomic mass is 9.70. The number of hydrogen-bond acceptors (Lipinski definition) is 3. The molecule has 2 bridgehead atoms. The van der Waals surface area contributed by atoms with Crippen LogP contribution in [-0.2, 0) is 12.0 Å². The zero-order valence-corrected chi connectivity index (χ0v) is 19.3. The number of aromatic nitrogens is 2. The van der Waals surface area contributed by atoms with Gasteiger partial charge in [0, 0.05) is 31.9 Å². The molecule has 2 aromatic rings. The van der Waals surface area contributed by atoms with Crippen LogP contribution in [0.15, 0.2) is 67.2 Å². The van der Waals surface area contributed by atoms with Crippen molar-refractivity contribution in [2.75, 3.05) is 19.6 Å². The molecule has 1 saturated heterocycles. The molecule has 4 aliphatic rings. The fraction of sp³-hybridized carbons (Fsp3) is 0.500. The second-order valence-corrected chi connectivity index (χ2v) is 10.5. The Balaban J connectivity index is 1.26. The standard InChI is InChI=1S/C28H34N4O/c33-27(32-14-13-29-18-24(32)16-21-7-3-1-4-8-21)26-19-31(20-30-26)28(11-5-2-6-12-28)25-17-22-9-10-23(25)15-22/h1-8,11,19-20,22-25,29H,9-10,12-18H2/t22?,23?,24-,25-,28?/m1/s1. The predicted octanol–water partition coefficient (Wildman–Crippen LogP) is 4.19. The second kappa shape index (κ2) is 8.60. The Morgan fingerprint density at radius 1 is 1.15 bits per heavy atom. The molecule has 1 aliphatic heterocycles. The van der Waals surface area contributed by atoms with Gasteiger partial charge in [0.15, 0.2) is 0 Å². The molecular weight excluding hydrogens is 408 g/mol. The Morgan fingerprint density at radius 3 is 2.82 bits per heavy atom. The van der Waals surface area contributed by atoms with Crippen molar-refractivity contribution >= 4 is 5.91 Å². The van der Waals surface area contributed by atoms with Crippen LogP contribution in [-0.4, -0.2) is 46.0 Å². The molecule has 0 radical (unpaired) electrons. The van der Waals surface area contributed by atoms with E-state index >= 15 is 0 Å². The van der Waals surface area contributed by atoms with E-state index in [-0.39, 0.29) is 17.5 Å². The molecule has 3 fully saturated rings. The van der Waals surface area contributed by atoms with Crippen molar-refractivity contribution in [3.8, 4) is 0 Å². The Labute approximate surface area is 196 Å². The normalized spacial score (nSPS) is 33.0. The summed E-state index contributed by atoms with van der Waals surface area (Å²) in [5, 5.41) is 3.47. The van der Waals surface area contributed by atoms with Gasteiger partial charge in [-0.15, -0.1) is 0 Å². The van der Waals surface area contributed by atoms with Gasteiger partial charge < -0.3 is 14.8 Å². The number of fused-ring (bicyclic) bond motifs is 2. The molecule has 5 heteroatoms. The van der Waals surface area contributed by atoms with Crippen LogP contribution in [0.5, 0.6) is 0 Å². The summed E-state index contributed by atoms with van der Waals surface area (Å²) < 4.78 is 2.28. The number of hydrogen-bond donors (Lipinski definition) is 1. The van der Waals surface area contributed by atoms with E-state index in [1.165, 1.54) is 31.2 Å². The van der Waals surface area contributed by atoms with E-state index in [9.17, 15) is 4.79 Å². The first-order chi connectivity index (χ1) is 16.2. The molecule has 1 aromatic heterocycles. The maximum Gasteiger partial charge on any atom is 0.274 e. The number of nitrogens with one attached hydrogen (secondary N) is 1. The highest BCUT2D eigenvalue weighted by Gasteiger charge is 2.50. The van der Waals surface area contributed by atoms with Gasteiger partial charge in [0.1, 0.15) is 5.69 Å². The van der Waals surface area contributed by atoms with Crippen molar-refractivity contribution < 1.29 is 4.79 Å². The van der Waals surface area contributed by atoms with Crippen LogP contribution >= 0.6 is 0 Å². The van der Waals surface area contributed by atoms with Crippen LogP contribution in [0.3, 0.4) is 0 Å². The third kappa shape index (κ3) is 3.76. The highest BCUT2D eigenvalue weighted by atomic mass is 16.2. The molecule has 1 N–H and O–H groups in total. The number of carbonyl (C=O) groups is 1. The predicted molar refractivity (Wildman–Crippen MR) is 130 cm³/mol. The summed E-state index contributed by atoms with van der Waals surface area (Å²) in [5.41, 5.74) is 1.77. The minimum Gasteiger partial charge on any atom is -0.331 e. The topological polar surface area (TPSA) is 50.2 Å². The van der Waals surface area contributed by atoms with Crippen molar-refractivity contribution in [2.24, 2.45) is 17.8 Å². The fourth-order valence-corrected chi connectivity index (χ4v) is 7.05.